The highest BCUT2D eigenvalue weighted by Crippen LogP contribution is 2.36. The number of rotatable bonds is 4. The molecule has 0 saturated carbocycles. The van der Waals surface area contributed by atoms with Crippen molar-refractivity contribution in [2.24, 2.45) is 5.92 Å². The number of hydrogen-bond acceptors (Lipinski definition) is 3. The van der Waals surface area contributed by atoms with Crippen LogP contribution >= 0.6 is 11.8 Å². The summed E-state index contributed by atoms with van der Waals surface area (Å²) in [5.74, 6) is 0.207. The smallest absolute Gasteiger partial charge is 0.252 e. The fourth-order valence-corrected chi connectivity index (χ4v) is 4.21. The molecular weight excluding hydrogens is 320 g/mol. The first-order chi connectivity index (χ1) is 11.5. The predicted octanol–water partition coefficient (Wildman–Crippen LogP) is 3.41. The highest BCUT2D eigenvalue weighted by molar-refractivity contribution is 8.00. The average molecular weight is 342 g/mol. The molecule has 0 spiro atoms. The Morgan fingerprint density at radius 3 is 2.67 bits per heavy atom. The highest BCUT2D eigenvalue weighted by Gasteiger charge is 2.37. The van der Waals surface area contributed by atoms with Gasteiger partial charge in [-0.3, -0.25) is 4.79 Å². The molecule has 1 aromatic carbocycles. The van der Waals surface area contributed by atoms with Crippen molar-refractivity contribution in [3.05, 3.63) is 59.4 Å². The molecule has 3 rings (SSSR count). The summed E-state index contributed by atoms with van der Waals surface area (Å²) in [6.07, 6.45) is 2.35. The minimum atomic E-state index is -0.291. The molecular formula is C19H22N2O2S. The number of benzene rings is 1. The molecule has 0 radical (unpaired) electrons. The lowest BCUT2D eigenvalue weighted by molar-refractivity contribution is -0.645. The quantitative estimate of drug-likeness (QED) is 0.486. The lowest BCUT2D eigenvalue weighted by Gasteiger charge is -2.28. The minimum Gasteiger partial charge on any atom is -0.618 e. The van der Waals surface area contributed by atoms with Crippen molar-refractivity contribution in [2.45, 2.75) is 43.5 Å². The minimum absolute atomic E-state index is 0.0799. The summed E-state index contributed by atoms with van der Waals surface area (Å²) in [5, 5.41) is 12.2. The number of carbonyl (C=O) groups is 1. The molecule has 24 heavy (non-hydrogen) atoms. The van der Waals surface area contributed by atoms with E-state index in [1.807, 2.05) is 43.0 Å². The summed E-state index contributed by atoms with van der Waals surface area (Å²) in [6.45, 7) is 6.14. The molecule has 4 nitrogen and oxygen atoms in total. The number of nitrogens with zero attached hydrogens (tertiary/aromatic N) is 2. The fourth-order valence-electron chi connectivity index (χ4n) is 3.14. The molecule has 126 valence electrons. The molecule has 0 saturated heterocycles. The first-order valence-corrected chi connectivity index (χ1v) is 9.13. The van der Waals surface area contributed by atoms with Gasteiger partial charge in [-0.2, -0.15) is 4.73 Å². The maximum absolute atomic E-state index is 13.3. The van der Waals surface area contributed by atoms with Crippen LogP contribution in [0, 0.1) is 11.1 Å². The van der Waals surface area contributed by atoms with Crippen LogP contribution in [0.25, 0.3) is 0 Å². The van der Waals surface area contributed by atoms with E-state index in [0.29, 0.717) is 5.03 Å². The Balaban J connectivity index is 1.89. The second-order valence-electron chi connectivity index (χ2n) is 6.54. The molecule has 2 heterocycles. The van der Waals surface area contributed by atoms with Crippen molar-refractivity contribution in [2.75, 3.05) is 4.90 Å². The van der Waals surface area contributed by atoms with Crippen LogP contribution in [-0.2, 0) is 11.2 Å². The monoisotopic (exact) mass is 342 g/mol. The van der Waals surface area contributed by atoms with Crippen LogP contribution < -0.4 is 9.63 Å². The average Bonchev–Trinajstić information content (AvgIpc) is 2.89. The number of para-hydroxylation sites is 1. The summed E-state index contributed by atoms with van der Waals surface area (Å²) in [4.78, 5) is 15.2. The van der Waals surface area contributed by atoms with E-state index < -0.39 is 0 Å². The molecule has 2 unspecified atom stereocenters. The fraction of sp³-hybridized carbons (Fsp3) is 0.368. The molecule has 1 aliphatic heterocycles. The Bertz CT molecular complexity index is 748. The van der Waals surface area contributed by atoms with E-state index >= 15 is 0 Å². The molecule has 2 aromatic rings. The van der Waals surface area contributed by atoms with Crippen LogP contribution in [-0.4, -0.2) is 17.2 Å². The second kappa shape index (κ2) is 6.85. The van der Waals surface area contributed by atoms with Crippen LogP contribution in [0.5, 0.6) is 0 Å². The number of thioether (sulfide) groups is 1. The number of hydrogen-bond donors (Lipinski definition) is 0. The number of fused-ring (bicyclic) bond motifs is 1. The van der Waals surface area contributed by atoms with E-state index in [1.54, 1.807) is 12.1 Å². The second-order valence-corrected chi connectivity index (χ2v) is 7.70. The van der Waals surface area contributed by atoms with Gasteiger partial charge in [-0.1, -0.05) is 32.0 Å². The van der Waals surface area contributed by atoms with Crippen molar-refractivity contribution in [1.82, 2.24) is 0 Å². The lowest BCUT2D eigenvalue weighted by Crippen LogP contribution is -2.44. The van der Waals surface area contributed by atoms with Gasteiger partial charge in [0.25, 0.3) is 5.03 Å². The van der Waals surface area contributed by atoms with Crippen LogP contribution in [0.1, 0.15) is 26.3 Å². The molecule has 0 bridgehead atoms. The predicted molar refractivity (Wildman–Crippen MR) is 97.0 cm³/mol. The van der Waals surface area contributed by atoms with Gasteiger partial charge in [0, 0.05) is 23.9 Å². The van der Waals surface area contributed by atoms with Crippen molar-refractivity contribution in [3.63, 3.8) is 0 Å². The topological polar surface area (TPSA) is 47.2 Å². The van der Waals surface area contributed by atoms with Gasteiger partial charge in [0.05, 0.1) is 5.25 Å². The Hall–Kier alpha value is -2.01. The number of carbonyl (C=O) groups excluding carboxylic acids is 1. The van der Waals surface area contributed by atoms with Gasteiger partial charge in [-0.15, -0.1) is 0 Å². The van der Waals surface area contributed by atoms with Gasteiger partial charge in [-0.25, -0.2) is 0 Å². The third-order valence-corrected chi connectivity index (χ3v) is 5.89. The normalized spacial score (nSPS) is 17.8. The lowest BCUT2D eigenvalue weighted by atomic mass is 10.1. The third kappa shape index (κ3) is 3.13. The summed E-state index contributed by atoms with van der Waals surface area (Å²) in [6, 6.07) is 13.5. The first kappa shape index (κ1) is 16.8. The zero-order valence-corrected chi connectivity index (χ0v) is 15.0. The Labute approximate surface area is 147 Å². The van der Waals surface area contributed by atoms with Crippen LogP contribution in [0.2, 0.25) is 0 Å². The van der Waals surface area contributed by atoms with E-state index in [1.165, 1.54) is 23.5 Å². The molecule has 1 amide bonds. The van der Waals surface area contributed by atoms with E-state index in [2.05, 4.69) is 13.0 Å². The van der Waals surface area contributed by atoms with Crippen molar-refractivity contribution in [1.29, 1.82) is 0 Å². The van der Waals surface area contributed by atoms with Gasteiger partial charge < -0.3 is 10.1 Å². The van der Waals surface area contributed by atoms with E-state index in [0.717, 1.165) is 16.8 Å². The van der Waals surface area contributed by atoms with Gasteiger partial charge in [0.15, 0.2) is 6.20 Å². The van der Waals surface area contributed by atoms with Crippen LogP contribution in [0.4, 0.5) is 5.69 Å². The summed E-state index contributed by atoms with van der Waals surface area (Å²) >= 11 is 1.35. The van der Waals surface area contributed by atoms with Crippen LogP contribution in [0.15, 0.2) is 53.7 Å². The molecule has 5 heteroatoms. The van der Waals surface area contributed by atoms with Gasteiger partial charge >= 0.3 is 0 Å². The number of anilines is 1. The summed E-state index contributed by atoms with van der Waals surface area (Å²) < 4.78 is 0.828. The zero-order chi connectivity index (χ0) is 17.3. The maximum atomic E-state index is 13.3. The number of aromatic nitrogens is 1. The molecule has 0 fully saturated rings. The molecule has 1 aromatic heterocycles. The molecule has 0 N–H and O–H groups in total. The largest absolute Gasteiger partial charge is 0.618 e. The van der Waals surface area contributed by atoms with Crippen molar-refractivity contribution < 1.29 is 9.52 Å². The third-order valence-electron chi connectivity index (χ3n) is 4.33. The summed E-state index contributed by atoms with van der Waals surface area (Å²) in [7, 11) is 0. The van der Waals surface area contributed by atoms with E-state index in [-0.39, 0.29) is 23.1 Å². The molecule has 1 aliphatic rings. The van der Waals surface area contributed by atoms with E-state index in [4.69, 9.17) is 0 Å². The highest BCUT2D eigenvalue weighted by atomic mass is 32.2. The van der Waals surface area contributed by atoms with Gasteiger partial charge in [0.2, 0.25) is 5.91 Å². The Morgan fingerprint density at radius 1 is 1.25 bits per heavy atom. The van der Waals surface area contributed by atoms with Crippen molar-refractivity contribution >= 4 is 23.4 Å². The molecule has 0 aliphatic carbocycles. The van der Waals surface area contributed by atoms with E-state index in [9.17, 15) is 10.0 Å². The Kier molecular flexibility index (Phi) is 4.81. The number of pyridine rings is 1. The first-order valence-electron chi connectivity index (χ1n) is 8.25. The SMILES string of the molecule is CC(C)C(Sc1cccc[n+]1[O-])C(=O)N1c2ccccc2CC1C. The standard InChI is InChI=1S/C19H22N2O2S/c1-13(2)18(24-17-10-6-7-11-20(17)23)19(22)21-14(3)12-15-8-4-5-9-16(15)21/h4-11,13-14,18H,12H2,1-3H3. The zero-order valence-electron chi connectivity index (χ0n) is 14.2. The van der Waals surface area contributed by atoms with Crippen molar-refractivity contribution in [3.8, 4) is 0 Å². The maximum Gasteiger partial charge on any atom is 0.252 e. The number of amides is 1. The van der Waals surface area contributed by atoms with Gasteiger partial charge in [0.1, 0.15) is 0 Å². The molecule has 2 atom stereocenters. The Morgan fingerprint density at radius 2 is 1.96 bits per heavy atom. The van der Waals surface area contributed by atoms with Gasteiger partial charge in [-0.05, 0) is 48.7 Å². The van der Waals surface area contributed by atoms with Crippen LogP contribution in [0.3, 0.4) is 0 Å². The summed E-state index contributed by atoms with van der Waals surface area (Å²) in [5.41, 5.74) is 2.22.